The number of aliphatic hydroxyl groups is 5. The van der Waals surface area contributed by atoms with E-state index >= 15 is 0 Å². The summed E-state index contributed by atoms with van der Waals surface area (Å²) < 4.78 is 22.1. The van der Waals surface area contributed by atoms with Crippen molar-refractivity contribution in [3.05, 3.63) is 34.6 Å². The summed E-state index contributed by atoms with van der Waals surface area (Å²) in [4.78, 5) is 13.2. The van der Waals surface area contributed by atoms with Crippen LogP contribution in [-0.4, -0.2) is 94.4 Å². The number of carbonyl (C=O) groups is 1. The van der Waals surface area contributed by atoms with Gasteiger partial charge in [0.25, 0.3) is 5.95 Å². The van der Waals surface area contributed by atoms with Gasteiger partial charge in [0.1, 0.15) is 18.0 Å². The van der Waals surface area contributed by atoms with E-state index in [9.17, 15) is 30.3 Å². The van der Waals surface area contributed by atoms with Crippen molar-refractivity contribution >= 4 is 5.78 Å². The van der Waals surface area contributed by atoms with E-state index in [4.69, 9.17) is 47.6 Å². The molecule has 0 bridgehead atoms. The van der Waals surface area contributed by atoms with Crippen molar-refractivity contribution in [2.75, 3.05) is 26.4 Å². The van der Waals surface area contributed by atoms with E-state index < -0.39 is 66.4 Å². The number of Topliss-reactive ketones (excluding diaryl/α,β-unsaturated/α-hetero) is 1. The molecular formula is C20H35N5O10. The van der Waals surface area contributed by atoms with Gasteiger partial charge >= 0.3 is 0 Å². The van der Waals surface area contributed by atoms with E-state index in [0.29, 0.717) is 0 Å². The van der Waals surface area contributed by atoms with Crippen molar-refractivity contribution in [2.24, 2.45) is 28.7 Å². The highest BCUT2D eigenvalue weighted by Gasteiger charge is 2.43. The van der Waals surface area contributed by atoms with Gasteiger partial charge in [-0.2, -0.15) is 0 Å². The molecule has 1 aliphatic heterocycles. The van der Waals surface area contributed by atoms with Crippen LogP contribution in [0.1, 0.15) is 19.3 Å². The summed E-state index contributed by atoms with van der Waals surface area (Å²) in [6.45, 7) is -1.26. The first-order valence-corrected chi connectivity index (χ1v) is 10.9. The number of ketones is 1. The first-order valence-electron chi connectivity index (χ1n) is 10.9. The second kappa shape index (κ2) is 12.8. The third kappa shape index (κ3) is 6.66. The van der Waals surface area contributed by atoms with E-state index in [0.717, 1.165) is 0 Å². The van der Waals surface area contributed by atoms with Crippen LogP contribution in [0.5, 0.6) is 0 Å². The molecular weight excluding hydrogens is 470 g/mol. The standard InChI is InChI=1S/C20H35N5O10/c21-6-8(1-3-26)32-19(9(22)2-4-27)34-17-10(23)5-11(24)18(16(17)31)35-20-15(30)13(25)14(29)12(7-28)33-20/h8,10,12,15,17,20,26-30H,1-7,21-25H2/b19-9-/t8?,10-,12?,15?,17-,20-/m1/s1. The number of ether oxygens (including phenoxy) is 4. The van der Waals surface area contributed by atoms with Gasteiger partial charge in [0.05, 0.1) is 29.7 Å². The third-order valence-electron chi connectivity index (χ3n) is 5.36. The predicted octanol–water partition coefficient (Wildman–Crippen LogP) is -4.10. The average Bonchev–Trinajstić information content (AvgIpc) is 2.82. The minimum atomic E-state index is -1.68. The summed E-state index contributed by atoms with van der Waals surface area (Å²) in [7, 11) is 0. The number of rotatable bonds is 12. The normalized spacial score (nSPS) is 29.1. The maximum atomic E-state index is 13.2. The van der Waals surface area contributed by atoms with Crippen LogP contribution in [0.15, 0.2) is 34.6 Å². The van der Waals surface area contributed by atoms with Crippen LogP contribution in [0, 0.1) is 0 Å². The van der Waals surface area contributed by atoms with Crippen LogP contribution >= 0.6 is 0 Å². The molecule has 2 rings (SSSR count). The lowest BCUT2D eigenvalue weighted by Gasteiger charge is -2.36. The van der Waals surface area contributed by atoms with Crippen LogP contribution in [0.4, 0.5) is 0 Å². The number of nitrogens with two attached hydrogens (primary N) is 5. The van der Waals surface area contributed by atoms with Crippen molar-refractivity contribution in [1.82, 2.24) is 0 Å². The first kappa shape index (κ1) is 28.4. The van der Waals surface area contributed by atoms with Crippen molar-refractivity contribution in [3.8, 4) is 0 Å². The molecule has 1 aliphatic carbocycles. The largest absolute Gasteiger partial charge is 0.508 e. The highest BCUT2D eigenvalue weighted by atomic mass is 16.7. The molecule has 0 aromatic rings. The first-order chi connectivity index (χ1) is 16.6. The van der Waals surface area contributed by atoms with E-state index in [1.807, 2.05) is 0 Å². The highest BCUT2D eigenvalue weighted by Crippen LogP contribution is 2.30. The Hall–Kier alpha value is -2.79. The van der Waals surface area contributed by atoms with Gasteiger partial charge in [-0.3, -0.25) is 4.79 Å². The van der Waals surface area contributed by atoms with Gasteiger partial charge in [-0.05, 0) is 0 Å². The minimum Gasteiger partial charge on any atom is -0.508 e. The number of carbonyl (C=O) groups excluding carboxylic acids is 1. The Morgan fingerprint density at radius 1 is 1.20 bits per heavy atom. The lowest BCUT2D eigenvalue weighted by atomic mass is 9.94. The summed E-state index contributed by atoms with van der Waals surface area (Å²) in [5.41, 5.74) is 28.8. The van der Waals surface area contributed by atoms with E-state index in [2.05, 4.69) is 0 Å². The molecule has 0 saturated heterocycles. The molecule has 15 nitrogen and oxygen atoms in total. The van der Waals surface area contributed by atoms with Gasteiger partial charge in [-0.1, -0.05) is 0 Å². The summed E-state index contributed by atoms with van der Waals surface area (Å²) in [6.07, 6.45) is -6.65. The monoisotopic (exact) mass is 505 g/mol. The Morgan fingerprint density at radius 3 is 2.46 bits per heavy atom. The fraction of sp³-hybridized carbons (Fsp3) is 0.650. The summed E-state index contributed by atoms with van der Waals surface area (Å²) in [6, 6.07) is -0.957. The zero-order chi connectivity index (χ0) is 26.3. The number of hydrogen-bond donors (Lipinski definition) is 10. The maximum absolute atomic E-state index is 13.2. The Morgan fingerprint density at radius 2 is 1.89 bits per heavy atom. The molecule has 200 valence electrons. The van der Waals surface area contributed by atoms with Gasteiger partial charge in [-0.15, -0.1) is 0 Å². The summed E-state index contributed by atoms with van der Waals surface area (Å²) >= 11 is 0. The number of hydrogen-bond acceptors (Lipinski definition) is 15. The van der Waals surface area contributed by atoms with E-state index in [-0.39, 0.29) is 56.4 Å². The average molecular weight is 506 g/mol. The molecule has 0 aromatic carbocycles. The second-order valence-electron chi connectivity index (χ2n) is 7.98. The molecule has 15 N–H and O–H groups in total. The Bertz CT molecular complexity index is 848. The van der Waals surface area contributed by atoms with Crippen LogP contribution in [-0.2, 0) is 23.7 Å². The lowest BCUT2D eigenvalue weighted by Crippen LogP contribution is -2.51. The van der Waals surface area contributed by atoms with Crippen molar-refractivity contribution in [1.29, 1.82) is 0 Å². The van der Waals surface area contributed by atoms with Crippen molar-refractivity contribution in [3.63, 3.8) is 0 Å². The van der Waals surface area contributed by atoms with Crippen LogP contribution in [0.3, 0.4) is 0 Å². The smallest absolute Gasteiger partial charge is 0.300 e. The van der Waals surface area contributed by atoms with Crippen molar-refractivity contribution in [2.45, 2.75) is 56.0 Å². The topological polar surface area (TPSA) is 285 Å². The zero-order valence-electron chi connectivity index (χ0n) is 19.1. The Balaban J connectivity index is 2.29. The third-order valence-corrected chi connectivity index (χ3v) is 5.36. The molecule has 0 fully saturated rings. The van der Waals surface area contributed by atoms with Gasteiger partial charge in [0, 0.05) is 39.0 Å². The van der Waals surface area contributed by atoms with Crippen LogP contribution < -0.4 is 28.7 Å². The molecule has 15 heteroatoms. The SMILES string of the molecule is NCC(CCO)O/C(O[C@H]1C(=O)C(O[C@H]2OC(CO)C(O)=C(N)C2O)=C(N)C[C@H]1N)=C(/N)CCO. The molecule has 1 heterocycles. The maximum Gasteiger partial charge on any atom is 0.300 e. The Kier molecular flexibility index (Phi) is 10.4. The quantitative estimate of drug-likeness (QED) is 0.113. The van der Waals surface area contributed by atoms with Gasteiger partial charge in [0.2, 0.25) is 12.1 Å². The van der Waals surface area contributed by atoms with Crippen LogP contribution in [0.25, 0.3) is 0 Å². The second-order valence-corrected chi connectivity index (χ2v) is 7.98. The van der Waals surface area contributed by atoms with Crippen molar-refractivity contribution < 1.29 is 49.3 Å². The summed E-state index contributed by atoms with van der Waals surface area (Å²) in [5.74, 6) is -2.14. The van der Waals surface area contributed by atoms with E-state index in [1.165, 1.54) is 0 Å². The van der Waals surface area contributed by atoms with Crippen LogP contribution in [0.2, 0.25) is 0 Å². The molecule has 0 aromatic heterocycles. The molecule has 0 saturated carbocycles. The molecule has 2 aliphatic rings. The molecule has 0 amide bonds. The minimum absolute atomic E-state index is 0.00355. The molecule has 35 heavy (non-hydrogen) atoms. The Labute approximate surface area is 201 Å². The highest BCUT2D eigenvalue weighted by molar-refractivity contribution is 5.99. The van der Waals surface area contributed by atoms with E-state index in [1.54, 1.807) is 0 Å². The number of aliphatic hydroxyl groups excluding tert-OH is 5. The molecule has 6 atom stereocenters. The van der Waals surface area contributed by atoms with Gasteiger partial charge < -0.3 is 73.1 Å². The zero-order valence-corrected chi connectivity index (χ0v) is 19.1. The molecule has 3 unspecified atom stereocenters. The van der Waals surface area contributed by atoms with Gasteiger partial charge in [-0.25, -0.2) is 0 Å². The summed E-state index contributed by atoms with van der Waals surface area (Å²) in [5, 5.41) is 48.0. The fourth-order valence-corrected chi connectivity index (χ4v) is 3.37. The van der Waals surface area contributed by atoms with Gasteiger partial charge in [0.15, 0.2) is 18.0 Å². The molecule has 0 radical (unpaired) electrons. The fourth-order valence-electron chi connectivity index (χ4n) is 3.37. The lowest BCUT2D eigenvalue weighted by molar-refractivity contribution is -0.209. The predicted molar refractivity (Wildman–Crippen MR) is 119 cm³/mol. The molecule has 0 spiro atoms.